The van der Waals surface area contributed by atoms with Crippen molar-refractivity contribution in [1.82, 2.24) is 14.7 Å². The molecule has 2 fully saturated rings. The molecule has 0 spiro atoms. The smallest absolute Gasteiger partial charge is 0.342 e. The van der Waals surface area contributed by atoms with Crippen LogP contribution in [0, 0.1) is 5.92 Å². The van der Waals surface area contributed by atoms with Crippen molar-refractivity contribution in [2.45, 2.75) is 38.4 Å². The first-order valence-electron chi connectivity index (χ1n) is 8.02. The molecule has 0 N–H and O–H groups in total. The van der Waals surface area contributed by atoms with Crippen molar-refractivity contribution in [3.05, 3.63) is 12.4 Å². The van der Waals surface area contributed by atoms with Gasteiger partial charge in [0, 0.05) is 32.3 Å². The summed E-state index contributed by atoms with van der Waals surface area (Å²) in [5.41, 5.74) is 0.304. The Bertz CT molecular complexity index is 622. The van der Waals surface area contributed by atoms with Crippen molar-refractivity contribution in [1.29, 1.82) is 0 Å². The average Bonchev–Trinajstić information content (AvgIpc) is 3.12. The zero-order valence-corrected chi connectivity index (χ0v) is 13.1. The SMILES string of the molecule is O=C(C1CC(=O)N(c2cnn(CC(F)(F)F)c2)C1)N1CCCCC1. The fourth-order valence-electron chi connectivity index (χ4n) is 3.26. The van der Waals surface area contributed by atoms with Crippen LogP contribution in [0.1, 0.15) is 25.7 Å². The number of carbonyl (C=O) groups excluding carboxylic acids is 2. The maximum Gasteiger partial charge on any atom is 0.408 e. The van der Waals surface area contributed by atoms with Crippen LogP contribution in [0.2, 0.25) is 0 Å². The summed E-state index contributed by atoms with van der Waals surface area (Å²) in [5.74, 6) is -0.716. The maximum atomic E-state index is 12.5. The summed E-state index contributed by atoms with van der Waals surface area (Å²) in [5, 5.41) is 3.65. The third-order valence-corrected chi connectivity index (χ3v) is 4.41. The number of nitrogens with zero attached hydrogens (tertiary/aromatic N) is 4. The molecule has 0 aromatic carbocycles. The summed E-state index contributed by atoms with van der Waals surface area (Å²) in [4.78, 5) is 27.8. The van der Waals surface area contributed by atoms with E-state index in [0.717, 1.165) is 23.9 Å². The van der Waals surface area contributed by atoms with E-state index in [2.05, 4.69) is 5.10 Å². The lowest BCUT2D eigenvalue weighted by atomic mass is 10.0. The van der Waals surface area contributed by atoms with Crippen LogP contribution in [0.3, 0.4) is 0 Å². The number of carbonyl (C=O) groups is 2. The first-order chi connectivity index (χ1) is 11.3. The van der Waals surface area contributed by atoms with Crippen molar-refractivity contribution in [2.75, 3.05) is 24.5 Å². The number of aromatic nitrogens is 2. The Hall–Kier alpha value is -2.06. The Balaban J connectivity index is 1.65. The van der Waals surface area contributed by atoms with Crippen LogP contribution >= 0.6 is 0 Å². The Morgan fingerprint density at radius 2 is 1.96 bits per heavy atom. The number of halogens is 3. The summed E-state index contributed by atoms with van der Waals surface area (Å²) < 4.78 is 37.9. The highest BCUT2D eigenvalue weighted by Gasteiger charge is 2.38. The fraction of sp³-hybridized carbons (Fsp3) is 0.667. The van der Waals surface area contributed by atoms with Crippen LogP contribution in [-0.4, -0.2) is 52.3 Å². The normalized spacial score (nSPS) is 22.3. The lowest BCUT2D eigenvalue weighted by molar-refractivity contribution is -0.142. The Morgan fingerprint density at radius 1 is 1.25 bits per heavy atom. The number of anilines is 1. The molecule has 3 rings (SSSR count). The lowest BCUT2D eigenvalue weighted by Crippen LogP contribution is -2.40. The van der Waals surface area contributed by atoms with Gasteiger partial charge in [-0.05, 0) is 19.3 Å². The van der Waals surface area contributed by atoms with Crippen molar-refractivity contribution >= 4 is 17.5 Å². The van der Waals surface area contributed by atoms with E-state index in [1.807, 2.05) is 0 Å². The second kappa shape index (κ2) is 6.45. The van der Waals surface area contributed by atoms with Gasteiger partial charge in [-0.3, -0.25) is 14.3 Å². The van der Waals surface area contributed by atoms with E-state index in [1.54, 1.807) is 4.90 Å². The number of hydrogen-bond acceptors (Lipinski definition) is 3. The van der Waals surface area contributed by atoms with Gasteiger partial charge >= 0.3 is 6.18 Å². The molecular formula is C15H19F3N4O2. The quantitative estimate of drug-likeness (QED) is 0.840. The van der Waals surface area contributed by atoms with Crippen LogP contribution in [0.15, 0.2) is 12.4 Å². The number of hydrogen-bond donors (Lipinski definition) is 0. The van der Waals surface area contributed by atoms with Crippen LogP contribution < -0.4 is 4.90 Å². The highest BCUT2D eigenvalue weighted by Crippen LogP contribution is 2.27. The van der Waals surface area contributed by atoms with Crippen molar-refractivity contribution < 1.29 is 22.8 Å². The minimum Gasteiger partial charge on any atom is -0.342 e. The zero-order valence-electron chi connectivity index (χ0n) is 13.1. The van der Waals surface area contributed by atoms with Crippen molar-refractivity contribution in [3.63, 3.8) is 0 Å². The molecule has 3 heterocycles. The molecule has 1 atom stereocenters. The standard InChI is InChI=1S/C15H19F3N4O2/c16-15(17,18)10-21-9-12(7-19-21)22-8-11(6-13(22)23)14(24)20-4-2-1-3-5-20/h7,9,11H,1-6,8,10H2. The molecule has 0 saturated carbocycles. The van der Waals surface area contributed by atoms with Crippen molar-refractivity contribution in [3.8, 4) is 0 Å². The fourth-order valence-corrected chi connectivity index (χ4v) is 3.26. The van der Waals surface area contributed by atoms with E-state index in [0.29, 0.717) is 18.8 Å². The van der Waals surface area contributed by atoms with E-state index in [9.17, 15) is 22.8 Å². The average molecular weight is 344 g/mol. The van der Waals surface area contributed by atoms with Crippen LogP contribution in [0.5, 0.6) is 0 Å². The number of amides is 2. The Morgan fingerprint density at radius 3 is 2.62 bits per heavy atom. The van der Waals surface area contributed by atoms with Gasteiger partial charge in [0.05, 0.1) is 17.8 Å². The van der Waals surface area contributed by atoms with Gasteiger partial charge in [0.1, 0.15) is 6.54 Å². The molecular weight excluding hydrogens is 325 g/mol. The summed E-state index contributed by atoms with van der Waals surface area (Å²) >= 11 is 0. The third-order valence-electron chi connectivity index (χ3n) is 4.41. The molecule has 0 radical (unpaired) electrons. The van der Waals surface area contributed by atoms with Gasteiger partial charge in [-0.25, -0.2) is 0 Å². The molecule has 0 aliphatic carbocycles. The first kappa shape index (κ1) is 16.8. The van der Waals surface area contributed by atoms with E-state index >= 15 is 0 Å². The minimum absolute atomic E-state index is 0.0340. The minimum atomic E-state index is -4.37. The van der Waals surface area contributed by atoms with Gasteiger partial charge in [-0.1, -0.05) is 0 Å². The molecule has 2 amide bonds. The molecule has 2 saturated heterocycles. The van der Waals surface area contributed by atoms with E-state index < -0.39 is 18.6 Å². The highest BCUT2D eigenvalue weighted by molar-refractivity contribution is 6.00. The van der Waals surface area contributed by atoms with Gasteiger partial charge in [0.2, 0.25) is 11.8 Å². The topological polar surface area (TPSA) is 58.4 Å². The third kappa shape index (κ3) is 3.70. The second-order valence-corrected chi connectivity index (χ2v) is 6.30. The predicted molar refractivity (Wildman–Crippen MR) is 79.2 cm³/mol. The summed E-state index contributed by atoms with van der Waals surface area (Å²) in [7, 11) is 0. The molecule has 1 unspecified atom stereocenters. The summed E-state index contributed by atoms with van der Waals surface area (Å²) in [6.07, 6.45) is 1.21. The molecule has 9 heteroatoms. The second-order valence-electron chi connectivity index (χ2n) is 6.30. The number of piperidine rings is 1. The molecule has 132 valence electrons. The molecule has 6 nitrogen and oxygen atoms in total. The molecule has 2 aliphatic rings. The van der Waals surface area contributed by atoms with Gasteiger partial charge in [0.15, 0.2) is 0 Å². The molecule has 1 aromatic rings. The number of rotatable bonds is 3. The number of likely N-dealkylation sites (tertiary alicyclic amines) is 1. The first-order valence-corrected chi connectivity index (χ1v) is 8.02. The van der Waals surface area contributed by atoms with Gasteiger partial charge in [0.25, 0.3) is 0 Å². The van der Waals surface area contributed by atoms with E-state index in [4.69, 9.17) is 0 Å². The summed E-state index contributed by atoms with van der Waals surface area (Å²) in [6.45, 7) is 0.428. The largest absolute Gasteiger partial charge is 0.408 e. The monoisotopic (exact) mass is 344 g/mol. The number of alkyl halides is 3. The molecule has 24 heavy (non-hydrogen) atoms. The van der Waals surface area contributed by atoms with Crippen LogP contribution in [-0.2, 0) is 16.1 Å². The highest BCUT2D eigenvalue weighted by atomic mass is 19.4. The van der Waals surface area contributed by atoms with E-state index in [-0.39, 0.29) is 24.8 Å². The molecule has 0 bridgehead atoms. The lowest BCUT2D eigenvalue weighted by Gasteiger charge is -2.28. The maximum absolute atomic E-state index is 12.5. The Kier molecular flexibility index (Phi) is 4.51. The van der Waals surface area contributed by atoms with Gasteiger partial charge < -0.3 is 9.80 Å². The van der Waals surface area contributed by atoms with Crippen LogP contribution in [0.25, 0.3) is 0 Å². The predicted octanol–water partition coefficient (Wildman–Crippen LogP) is 1.81. The van der Waals surface area contributed by atoms with Gasteiger partial charge in [-0.15, -0.1) is 0 Å². The van der Waals surface area contributed by atoms with Crippen molar-refractivity contribution in [2.24, 2.45) is 5.92 Å². The molecule has 2 aliphatic heterocycles. The summed E-state index contributed by atoms with van der Waals surface area (Å²) in [6, 6.07) is 0. The molecule has 1 aromatic heterocycles. The Labute approximate surface area is 137 Å². The van der Waals surface area contributed by atoms with Crippen LogP contribution in [0.4, 0.5) is 18.9 Å². The van der Waals surface area contributed by atoms with Gasteiger partial charge in [-0.2, -0.15) is 18.3 Å². The van der Waals surface area contributed by atoms with E-state index in [1.165, 1.54) is 17.3 Å². The zero-order chi connectivity index (χ0) is 17.3.